The summed E-state index contributed by atoms with van der Waals surface area (Å²) in [5.74, 6) is 2.05. The third-order valence-electron chi connectivity index (χ3n) is 7.87. The van der Waals surface area contributed by atoms with Crippen LogP contribution in [-0.4, -0.2) is 95.7 Å². The van der Waals surface area contributed by atoms with Crippen LogP contribution < -0.4 is 36.7 Å². The molecule has 4 atom stereocenters. The molecule has 11 N–H and O–H groups in total. The molecule has 3 aromatic heterocycles. The SMILES string of the molecule is COc1cc(NCc2ccc3nc(N)nc(N)c3c2C)cc(OC)c1OC.Nc1nc(F)nc2c1ncn2[C@@H]1O[C@H](COP(=O)(O)O)[C@@H](O)[C@@H]1O. The van der Waals surface area contributed by atoms with Crippen LogP contribution in [0.2, 0.25) is 0 Å². The summed E-state index contributed by atoms with van der Waals surface area (Å²) < 4.78 is 50.9. The van der Waals surface area contributed by atoms with Crippen molar-refractivity contribution in [2.24, 2.45) is 0 Å². The van der Waals surface area contributed by atoms with Crippen molar-refractivity contribution in [2.75, 3.05) is 50.5 Å². The number of imidazole rings is 1. The highest BCUT2D eigenvalue weighted by atomic mass is 31.2. The fraction of sp³-hybridized carbons (Fsp3) is 0.345. The molecule has 1 aliphatic heterocycles. The van der Waals surface area contributed by atoms with Gasteiger partial charge in [0.25, 0.3) is 0 Å². The van der Waals surface area contributed by atoms with Crippen LogP contribution in [0.25, 0.3) is 22.1 Å². The summed E-state index contributed by atoms with van der Waals surface area (Å²) in [7, 11) is -0.0278. The molecule has 20 nitrogen and oxygen atoms in total. The Bertz CT molecular complexity index is 2080. The smallest absolute Gasteiger partial charge is 0.469 e. The summed E-state index contributed by atoms with van der Waals surface area (Å²) in [4.78, 5) is 36.4. The molecule has 0 bridgehead atoms. The third kappa shape index (κ3) is 7.94. The van der Waals surface area contributed by atoms with Gasteiger partial charge in [-0.05, 0) is 24.1 Å². The molecule has 1 saturated heterocycles. The average molecular weight is 735 g/mol. The summed E-state index contributed by atoms with van der Waals surface area (Å²) in [6.45, 7) is 1.89. The highest BCUT2D eigenvalue weighted by Gasteiger charge is 2.45. The summed E-state index contributed by atoms with van der Waals surface area (Å²) in [6.07, 6.45) is -5.46. The van der Waals surface area contributed by atoms with Crippen molar-refractivity contribution in [3.05, 3.63) is 47.8 Å². The number of hydrogen-bond acceptors (Lipinski definition) is 17. The number of hydrogen-bond donors (Lipinski definition) is 8. The maximum atomic E-state index is 13.3. The molecule has 2 aromatic carbocycles. The number of anilines is 4. The zero-order chi connectivity index (χ0) is 37.2. The van der Waals surface area contributed by atoms with Crippen LogP contribution in [0.1, 0.15) is 17.4 Å². The number of nitrogens with zero attached hydrogens (tertiary/aromatic N) is 6. The van der Waals surface area contributed by atoms with Crippen LogP contribution in [0.15, 0.2) is 30.6 Å². The minimum Gasteiger partial charge on any atom is -0.493 e. The molecule has 51 heavy (non-hydrogen) atoms. The van der Waals surface area contributed by atoms with Crippen LogP contribution in [0.3, 0.4) is 0 Å². The Balaban J connectivity index is 0.000000199. The molecule has 0 amide bonds. The number of phosphoric ester groups is 1. The Hall–Kier alpha value is -5.15. The van der Waals surface area contributed by atoms with Crippen molar-refractivity contribution in [1.29, 1.82) is 0 Å². The Kier molecular flexibility index (Phi) is 10.9. The molecule has 1 fully saturated rings. The van der Waals surface area contributed by atoms with E-state index in [0.29, 0.717) is 29.6 Å². The number of aliphatic hydroxyl groups is 2. The van der Waals surface area contributed by atoms with E-state index in [-0.39, 0.29) is 22.9 Å². The Morgan fingerprint density at radius 3 is 2.29 bits per heavy atom. The third-order valence-corrected chi connectivity index (χ3v) is 8.35. The molecule has 274 valence electrons. The van der Waals surface area contributed by atoms with E-state index in [1.165, 1.54) is 0 Å². The van der Waals surface area contributed by atoms with Gasteiger partial charge in [-0.15, -0.1) is 0 Å². The summed E-state index contributed by atoms with van der Waals surface area (Å²) in [6, 6.07) is 7.60. The van der Waals surface area contributed by atoms with E-state index in [0.717, 1.165) is 38.6 Å². The molecule has 6 rings (SSSR count). The second-order valence-electron chi connectivity index (χ2n) is 11.0. The maximum Gasteiger partial charge on any atom is 0.469 e. The first kappa shape index (κ1) is 37.1. The number of fused-ring (bicyclic) bond motifs is 2. The number of rotatable bonds is 10. The number of nitrogen functional groups attached to an aromatic ring is 3. The lowest BCUT2D eigenvalue weighted by Crippen LogP contribution is -2.33. The summed E-state index contributed by atoms with van der Waals surface area (Å²) in [5, 5.41) is 24.2. The van der Waals surface area contributed by atoms with E-state index in [2.05, 4.69) is 34.8 Å². The van der Waals surface area contributed by atoms with Crippen molar-refractivity contribution < 1.29 is 52.4 Å². The van der Waals surface area contributed by atoms with Crippen molar-refractivity contribution >= 4 is 53.2 Å². The van der Waals surface area contributed by atoms with E-state index >= 15 is 0 Å². The van der Waals surface area contributed by atoms with Crippen molar-refractivity contribution in [1.82, 2.24) is 29.5 Å². The predicted octanol–water partition coefficient (Wildman–Crippen LogP) is 1.02. The summed E-state index contributed by atoms with van der Waals surface area (Å²) in [5.41, 5.74) is 20.9. The lowest BCUT2D eigenvalue weighted by Gasteiger charge is -2.16. The molecule has 22 heteroatoms. The van der Waals surface area contributed by atoms with Crippen molar-refractivity contribution in [2.45, 2.75) is 38.0 Å². The van der Waals surface area contributed by atoms with Gasteiger partial charge in [-0.1, -0.05) is 6.07 Å². The van der Waals surface area contributed by atoms with Crippen molar-refractivity contribution in [3.8, 4) is 17.2 Å². The Morgan fingerprint density at radius 2 is 1.67 bits per heavy atom. The highest BCUT2D eigenvalue weighted by molar-refractivity contribution is 7.46. The fourth-order valence-corrected chi connectivity index (χ4v) is 5.76. The molecular formula is C29H36FN10O10P. The molecule has 0 saturated carbocycles. The molecular weight excluding hydrogens is 698 g/mol. The van der Waals surface area contributed by atoms with Crippen LogP contribution in [0.5, 0.6) is 17.2 Å². The standard InChI is InChI=1S/C19H23N5O3.C10H13FN5O7P/c1-10-11(5-6-13-16(10)18(20)24-19(21)23-13)9-22-12-7-14(25-2)17(27-4)15(8-12)26-3;11-10-14-7(12)4-8(15-10)16(2-13-4)9-6(18)5(17)3(23-9)1-22-24(19,20)21/h5-8,22H,9H2,1-4H3,(H4,20,21,23,24);2-3,5-6,9,17-18H,1H2,(H2,12,14,15)(H2,19,20,21)/t;3-,5-,6+,9-/m.1/s1. The number of aliphatic hydroxyl groups excluding tert-OH is 2. The van der Waals surface area contributed by atoms with Crippen LogP contribution in [-0.2, 0) is 20.4 Å². The zero-order valence-corrected chi connectivity index (χ0v) is 28.5. The molecule has 4 heterocycles. The van der Waals surface area contributed by atoms with E-state index in [1.807, 2.05) is 31.2 Å². The first-order valence-corrected chi connectivity index (χ1v) is 16.4. The number of aromatic nitrogens is 6. The van der Waals surface area contributed by atoms with Crippen LogP contribution in [0.4, 0.5) is 27.7 Å². The van der Waals surface area contributed by atoms with Gasteiger partial charge in [0.1, 0.15) is 24.1 Å². The fourth-order valence-electron chi connectivity index (χ4n) is 5.42. The quantitative estimate of drug-likeness (QED) is 0.0733. The average Bonchev–Trinajstić information content (AvgIpc) is 3.62. The lowest BCUT2D eigenvalue weighted by molar-refractivity contribution is -0.0504. The van der Waals surface area contributed by atoms with Gasteiger partial charge in [0, 0.05) is 29.8 Å². The van der Waals surface area contributed by atoms with Gasteiger partial charge in [0.15, 0.2) is 34.7 Å². The lowest BCUT2D eigenvalue weighted by atomic mass is 10.0. The molecule has 5 aromatic rings. The number of nitrogens with one attached hydrogen (secondary N) is 1. The van der Waals surface area contributed by atoms with Gasteiger partial charge in [-0.3, -0.25) is 9.09 Å². The van der Waals surface area contributed by atoms with Gasteiger partial charge in [0.05, 0.1) is 39.8 Å². The van der Waals surface area contributed by atoms with Gasteiger partial charge >= 0.3 is 13.9 Å². The molecule has 0 spiro atoms. The minimum absolute atomic E-state index is 0.0663. The minimum atomic E-state index is -4.78. The first-order valence-electron chi connectivity index (χ1n) is 14.9. The number of phosphoric acid groups is 1. The number of ether oxygens (including phenoxy) is 4. The van der Waals surface area contributed by atoms with E-state index in [4.69, 9.17) is 45.9 Å². The van der Waals surface area contributed by atoms with E-state index in [9.17, 15) is 19.2 Å². The number of methoxy groups -OCH3 is 3. The van der Waals surface area contributed by atoms with Crippen molar-refractivity contribution in [3.63, 3.8) is 0 Å². The number of halogens is 1. The second kappa shape index (κ2) is 15.0. The topological polar surface area (TPSA) is 304 Å². The molecule has 0 radical (unpaired) electrons. The Morgan fingerprint density at radius 1 is 0.980 bits per heavy atom. The number of aryl methyl sites for hydroxylation is 1. The zero-order valence-electron chi connectivity index (χ0n) is 27.6. The van der Waals surface area contributed by atoms with Gasteiger partial charge in [-0.25, -0.2) is 14.5 Å². The van der Waals surface area contributed by atoms with E-state index < -0.39 is 45.0 Å². The highest BCUT2D eigenvalue weighted by Crippen LogP contribution is 2.41. The normalized spacial score (nSPS) is 18.8. The predicted molar refractivity (Wildman–Crippen MR) is 180 cm³/mol. The number of benzene rings is 2. The molecule has 1 aliphatic rings. The molecule has 0 aliphatic carbocycles. The largest absolute Gasteiger partial charge is 0.493 e. The monoisotopic (exact) mass is 734 g/mol. The second-order valence-corrected chi connectivity index (χ2v) is 12.3. The maximum absolute atomic E-state index is 13.3. The molecule has 0 unspecified atom stereocenters. The van der Waals surface area contributed by atoms with Crippen LogP contribution >= 0.6 is 7.82 Å². The number of nitrogens with two attached hydrogens (primary N) is 3. The van der Waals surface area contributed by atoms with Gasteiger partial charge in [0.2, 0.25) is 11.7 Å². The Labute approximate surface area is 288 Å². The van der Waals surface area contributed by atoms with E-state index in [1.54, 1.807) is 21.3 Å². The van der Waals surface area contributed by atoms with Gasteiger partial charge < -0.3 is 61.5 Å². The van der Waals surface area contributed by atoms with Crippen LogP contribution in [0, 0.1) is 13.0 Å². The first-order chi connectivity index (χ1) is 24.1. The van der Waals surface area contributed by atoms with Gasteiger partial charge in [-0.2, -0.15) is 19.3 Å². The summed E-state index contributed by atoms with van der Waals surface area (Å²) >= 11 is 0.